The van der Waals surface area contributed by atoms with Gasteiger partial charge in [0.2, 0.25) is 5.91 Å². The Morgan fingerprint density at radius 3 is 2.78 bits per heavy atom. The molecular weight excluding hydrogens is 248 g/mol. The number of amides is 1. The number of hydrogen-bond acceptors (Lipinski definition) is 3. The van der Waals surface area contributed by atoms with Gasteiger partial charge < -0.3 is 11.1 Å². The van der Waals surface area contributed by atoms with Gasteiger partial charge in [0.05, 0.1) is 6.42 Å². The van der Waals surface area contributed by atoms with E-state index in [1.807, 2.05) is 18.2 Å². The first-order valence-electron chi connectivity index (χ1n) is 6.12. The highest BCUT2D eigenvalue weighted by Gasteiger charge is 2.19. The molecule has 4 nitrogen and oxygen atoms in total. The Hall–Kier alpha value is -1.36. The molecule has 1 amide bonds. The standard InChI is InChI=1S/C13H18N2O2S/c14-11-3-1-2-10(8-11)9-13(16)15-12-4-6-18(17)7-5-12/h1-3,8,12H,4-7,9,14H2,(H,15,16). The van der Waals surface area contributed by atoms with Gasteiger partial charge in [-0.2, -0.15) is 0 Å². The molecule has 1 aliphatic rings. The van der Waals surface area contributed by atoms with Crippen molar-refractivity contribution in [2.45, 2.75) is 25.3 Å². The molecular formula is C13H18N2O2S. The fourth-order valence-corrected chi connectivity index (χ4v) is 3.40. The maximum atomic E-state index is 11.8. The number of benzene rings is 1. The van der Waals surface area contributed by atoms with E-state index in [9.17, 15) is 9.00 Å². The molecule has 0 saturated carbocycles. The molecule has 1 saturated heterocycles. The van der Waals surface area contributed by atoms with Crippen molar-refractivity contribution >= 4 is 22.4 Å². The average Bonchev–Trinajstić information content (AvgIpc) is 2.32. The van der Waals surface area contributed by atoms with Crippen molar-refractivity contribution in [3.8, 4) is 0 Å². The molecule has 1 heterocycles. The fraction of sp³-hybridized carbons (Fsp3) is 0.462. The van der Waals surface area contributed by atoms with Gasteiger partial charge in [-0.05, 0) is 30.5 Å². The third kappa shape index (κ3) is 3.84. The first-order chi connectivity index (χ1) is 8.63. The van der Waals surface area contributed by atoms with Crippen LogP contribution in [0, 0.1) is 0 Å². The number of carbonyl (C=O) groups excluding carboxylic acids is 1. The third-order valence-corrected chi connectivity index (χ3v) is 4.45. The molecule has 98 valence electrons. The van der Waals surface area contributed by atoms with Crippen LogP contribution < -0.4 is 11.1 Å². The monoisotopic (exact) mass is 266 g/mol. The molecule has 1 fully saturated rings. The SMILES string of the molecule is Nc1cccc(CC(=O)NC2CCS(=O)CC2)c1. The highest BCUT2D eigenvalue weighted by Crippen LogP contribution is 2.10. The van der Waals surface area contributed by atoms with Crippen molar-refractivity contribution in [2.75, 3.05) is 17.2 Å². The normalized spacial score (nSPS) is 23.6. The van der Waals surface area contributed by atoms with Crippen molar-refractivity contribution in [1.29, 1.82) is 0 Å². The molecule has 0 bridgehead atoms. The average molecular weight is 266 g/mol. The number of nitrogen functional groups attached to an aromatic ring is 1. The summed E-state index contributed by atoms with van der Waals surface area (Å²) in [6, 6.07) is 7.54. The number of anilines is 1. The Balaban J connectivity index is 1.83. The van der Waals surface area contributed by atoms with Crippen LogP contribution in [0.25, 0.3) is 0 Å². The van der Waals surface area contributed by atoms with Crippen LogP contribution in [0.3, 0.4) is 0 Å². The summed E-state index contributed by atoms with van der Waals surface area (Å²) < 4.78 is 11.2. The molecule has 0 spiro atoms. The molecule has 5 heteroatoms. The van der Waals surface area contributed by atoms with Crippen LogP contribution in [0.5, 0.6) is 0 Å². The summed E-state index contributed by atoms with van der Waals surface area (Å²) in [5.74, 6) is 1.41. The van der Waals surface area contributed by atoms with Gasteiger partial charge >= 0.3 is 0 Å². The summed E-state index contributed by atoms with van der Waals surface area (Å²) in [6.45, 7) is 0. The van der Waals surface area contributed by atoms with Gasteiger partial charge in [-0.15, -0.1) is 0 Å². The topological polar surface area (TPSA) is 72.2 Å². The van der Waals surface area contributed by atoms with Crippen LogP contribution in [-0.2, 0) is 22.0 Å². The predicted molar refractivity (Wildman–Crippen MR) is 73.6 cm³/mol. The molecule has 1 aliphatic heterocycles. The molecule has 0 unspecified atom stereocenters. The second-order valence-electron chi connectivity index (χ2n) is 4.61. The van der Waals surface area contributed by atoms with E-state index in [0.717, 1.165) is 18.4 Å². The van der Waals surface area contributed by atoms with Crippen LogP contribution in [0.2, 0.25) is 0 Å². The lowest BCUT2D eigenvalue weighted by atomic mass is 10.1. The zero-order chi connectivity index (χ0) is 13.0. The summed E-state index contributed by atoms with van der Waals surface area (Å²) in [6.07, 6.45) is 1.98. The van der Waals surface area contributed by atoms with Crippen LogP contribution in [0.4, 0.5) is 5.69 Å². The summed E-state index contributed by atoms with van der Waals surface area (Å²) in [5.41, 5.74) is 7.27. The number of carbonyl (C=O) groups is 1. The number of nitrogens with two attached hydrogens (primary N) is 1. The van der Waals surface area contributed by atoms with Crippen molar-refractivity contribution in [1.82, 2.24) is 5.32 Å². The second kappa shape index (κ2) is 6.00. The molecule has 0 aliphatic carbocycles. The van der Waals surface area contributed by atoms with Crippen molar-refractivity contribution in [3.63, 3.8) is 0 Å². The lowest BCUT2D eigenvalue weighted by molar-refractivity contribution is -0.121. The fourth-order valence-electron chi connectivity index (χ4n) is 2.11. The highest BCUT2D eigenvalue weighted by atomic mass is 32.2. The van der Waals surface area contributed by atoms with Crippen molar-refractivity contribution in [3.05, 3.63) is 29.8 Å². The summed E-state index contributed by atoms with van der Waals surface area (Å²) >= 11 is 0. The molecule has 1 aromatic rings. The van der Waals surface area contributed by atoms with Crippen LogP contribution in [0.1, 0.15) is 18.4 Å². The number of hydrogen-bond donors (Lipinski definition) is 2. The zero-order valence-corrected chi connectivity index (χ0v) is 11.0. The lowest BCUT2D eigenvalue weighted by Crippen LogP contribution is -2.40. The van der Waals surface area contributed by atoms with E-state index < -0.39 is 10.8 Å². The van der Waals surface area contributed by atoms with E-state index in [1.165, 1.54) is 0 Å². The van der Waals surface area contributed by atoms with Gasteiger partial charge in [-0.1, -0.05) is 12.1 Å². The first-order valence-corrected chi connectivity index (χ1v) is 7.61. The number of rotatable bonds is 3. The van der Waals surface area contributed by atoms with Gasteiger partial charge in [0.25, 0.3) is 0 Å². The highest BCUT2D eigenvalue weighted by molar-refractivity contribution is 7.85. The van der Waals surface area contributed by atoms with E-state index in [2.05, 4.69) is 5.32 Å². The Kier molecular flexibility index (Phi) is 4.36. The third-order valence-electron chi connectivity index (χ3n) is 3.07. The minimum absolute atomic E-state index is 0.0123. The van der Waals surface area contributed by atoms with Gasteiger partial charge in [-0.3, -0.25) is 9.00 Å². The maximum Gasteiger partial charge on any atom is 0.224 e. The Labute approximate surface area is 109 Å². The van der Waals surface area contributed by atoms with E-state index >= 15 is 0 Å². The quantitative estimate of drug-likeness (QED) is 0.796. The van der Waals surface area contributed by atoms with Crippen molar-refractivity contribution < 1.29 is 9.00 Å². The molecule has 1 aromatic carbocycles. The van der Waals surface area contributed by atoms with Gasteiger partial charge in [0.15, 0.2) is 0 Å². The smallest absolute Gasteiger partial charge is 0.224 e. The molecule has 0 aromatic heterocycles. The van der Waals surface area contributed by atoms with E-state index in [0.29, 0.717) is 23.6 Å². The lowest BCUT2D eigenvalue weighted by Gasteiger charge is -2.22. The van der Waals surface area contributed by atoms with Crippen LogP contribution in [-0.4, -0.2) is 27.7 Å². The molecule has 3 N–H and O–H groups in total. The second-order valence-corrected chi connectivity index (χ2v) is 6.31. The Bertz CT molecular complexity index is 452. The number of nitrogens with one attached hydrogen (secondary N) is 1. The van der Waals surface area contributed by atoms with E-state index in [-0.39, 0.29) is 11.9 Å². The summed E-state index contributed by atoms with van der Waals surface area (Å²) in [5, 5.41) is 2.99. The van der Waals surface area contributed by atoms with Crippen LogP contribution in [0.15, 0.2) is 24.3 Å². The zero-order valence-electron chi connectivity index (χ0n) is 10.2. The summed E-state index contributed by atoms with van der Waals surface area (Å²) in [7, 11) is -0.685. The molecule has 0 radical (unpaired) electrons. The predicted octanol–water partition coefficient (Wildman–Crippen LogP) is 0.839. The van der Waals surface area contributed by atoms with Gasteiger partial charge in [-0.25, -0.2) is 0 Å². The summed E-state index contributed by atoms with van der Waals surface area (Å²) in [4.78, 5) is 11.8. The Morgan fingerprint density at radius 2 is 2.11 bits per heavy atom. The van der Waals surface area contributed by atoms with Gasteiger partial charge in [0.1, 0.15) is 0 Å². The largest absolute Gasteiger partial charge is 0.399 e. The Morgan fingerprint density at radius 1 is 1.39 bits per heavy atom. The van der Waals surface area contributed by atoms with E-state index in [4.69, 9.17) is 5.73 Å². The minimum Gasteiger partial charge on any atom is -0.399 e. The maximum absolute atomic E-state index is 11.8. The minimum atomic E-state index is -0.685. The van der Waals surface area contributed by atoms with E-state index in [1.54, 1.807) is 6.07 Å². The van der Waals surface area contributed by atoms with Crippen LogP contribution >= 0.6 is 0 Å². The first kappa shape index (κ1) is 13.1. The van der Waals surface area contributed by atoms with Gasteiger partial charge in [0, 0.05) is 34.0 Å². The molecule has 18 heavy (non-hydrogen) atoms. The molecule has 0 atom stereocenters. The van der Waals surface area contributed by atoms with Crippen molar-refractivity contribution in [2.24, 2.45) is 0 Å². The molecule has 2 rings (SSSR count).